The van der Waals surface area contributed by atoms with Crippen LogP contribution in [0.5, 0.6) is 5.75 Å². The highest BCUT2D eigenvalue weighted by atomic mass is 32.1. The standard InChI is InChI=1S/C27H36OS/c1-4-6-8-10-14-21-20-29-27(22(21)15-11-9-7-5-2)25-18-19-26(28-3)24-17-13-12-16-23(24)25/h12-13,16-20H,4-11,14-15H2,1-3H3. The van der Waals surface area contributed by atoms with Crippen molar-refractivity contribution in [2.24, 2.45) is 0 Å². The third-order valence-corrected chi connectivity index (χ3v) is 7.01. The van der Waals surface area contributed by atoms with E-state index in [-0.39, 0.29) is 0 Å². The Hall–Kier alpha value is -1.80. The second-order valence-corrected chi connectivity index (χ2v) is 8.93. The van der Waals surface area contributed by atoms with Crippen LogP contribution in [0.4, 0.5) is 0 Å². The fourth-order valence-electron chi connectivity index (χ4n) is 4.25. The Morgan fingerprint density at radius 1 is 0.759 bits per heavy atom. The number of ether oxygens (including phenoxy) is 1. The molecule has 3 aromatic rings. The second-order valence-electron chi connectivity index (χ2n) is 8.05. The van der Waals surface area contributed by atoms with E-state index in [4.69, 9.17) is 4.74 Å². The van der Waals surface area contributed by atoms with Crippen LogP contribution in [-0.2, 0) is 12.8 Å². The van der Waals surface area contributed by atoms with Crippen molar-refractivity contribution in [3.05, 3.63) is 52.9 Å². The zero-order valence-corrected chi connectivity index (χ0v) is 19.2. The predicted molar refractivity (Wildman–Crippen MR) is 130 cm³/mol. The molecule has 0 spiro atoms. The molecule has 1 heterocycles. The lowest BCUT2D eigenvalue weighted by Gasteiger charge is -2.13. The lowest BCUT2D eigenvalue weighted by molar-refractivity contribution is 0.420. The van der Waals surface area contributed by atoms with Gasteiger partial charge in [-0.05, 0) is 59.7 Å². The minimum Gasteiger partial charge on any atom is -0.496 e. The molecular formula is C27H36OS. The van der Waals surface area contributed by atoms with E-state index in [0.717, 1.165) is 5.75 Å². The van der Waals surface area contributed by atoms with Crippen LogP contribution in [0.15, 0.2) is 41.8 Å². The quantitative estimate of drug-likeness (QED) is 0.272. The van der Waals surface area contributed by atoms with Crippen LogP contribution in [0.25, 0.3) is 21.2 Å². The Kier molecular flexibility index (Phi) is 8.61. The molecule has 0 bridgehead atoms. The normalized spacial score (nSPS) is 11.3. The summed E-state index contributed by atoms with van der Waals surface area (Å²) in [5.41, 5.74) is 4.58. The maximum absolute atomic E-state index is 5.63. The molecule has 0 radical (unpaired) electrons. The third kappa shape index (κ3) is 5.42. The summed E-state index contributed by atoms with van der Waals surface area (Å²) < 4.78 is 5.63. The number of benzene rings is 2. The number of aryl methyl sites for hydroxylation is 1. The number of fused-ring (bicyclic) bond motifs is 1. The van der Waals surface area contributed by atoms with Gasteiger partial charge in [-0.25, -0.2) is 0 Å². The molecule has 0 saturated heterocycles. The fourth-order valence-corrected chi connectivity index (χ4v) is 5.45. The van der Waals surface area contributed by atoms with Gasteiger partial charge in [-0.2, -0.15) is 0 Å². The van der Waals surface area contributed by atoms with Crippen LogP contribution in [0.2, 0.25) is 0 Å². The summed E-state index contributed by atoms with van der Waals surface area (Å²) in [7, 11) is 1.76. The van der Waals surface area contributed by atoms with Gasteiger partial charge in [-0.1, -0.05) is 76.6 Å². The largest absolute Gasteiger partial charge is 0.496 e. The molecule has 0 unspecified atom stereocenters. The van der Waals surface area contributed by atoms with Gasteiger partial charge in [-0.15, -0.1) is 11.3 Å². The molecule has 1 nitrogen and oxygen atoms in total. The van der Waals surface area contributed by atoms with Gasteiger partial charge in [0, 0.05) is 15.8 Å². The number of hydrogen-bond acceptors (Lipinski definition) is 2. The summed E-state index contributed by atoms with van der Waals surface area (Å²) >= 11 is 1.94. The highest BCUT2D eigenvalue weighted by Gasteiger charge is 2.16. The van der Waals surface area contributed by atoms with Crippen LogP contribution in [0, 0.1) is 0 Å². The zero-order valence-electron chi connectivity index (χ0n) is 18.4. The molecular weight excluding hydrogens is 372 g/mol. The van der Waals surface area contributed by atoms with Crippen molar-refractivity contribution in [2.75, 3.05) is 7.11 Å². The van der Waals surface area contributed by atoms with E-state index in [1.54, 1.807) is 18.2 Å². The molecule has 0 N–H and O–H groups in total. The van der Waals surface area contributed by atoms with Gasteiger partial charge in [0.2, 0.25) is 0 Å². The van der Waals surface area contributed by atoms with E-state index in [2.05, 4.69) is 55.6 Å². The highest BCUT2D eigenvalue weighted by Crippen LogP contribution is 2.41. The summed E-state index contributed by atoms with van der Waals surface area (Å²) in [6, 6.07) is 13.1. The highest BCUT2D eigenvalue weighted by molar-refractivity contribution is 7.14. The van der Waals surface area contributed by atoms with Crippen molar-refractivity contribution in [1.29, 1.82) is 0 Å². The maximum atomic E-state index is 5.63. The summed E-state index contributed by atoms with van der Waals surface area (Å²) in [6.07, 6.45) is 13.0. The first-order chi connectivity index (χ1) is 14.3. The van der Waals surface area contributed by atoms with E-state index in [1.807, 2.05) is 11.3 Å². The van der Waals surface area contributed by atoms with E-state index in [9.17, 15) is 0 Å². The average Bonchev–Trinajstić information content (AvgIpc) is 3.16. The van der Waals surface area contributed by atoms with E-state index in [1.165, 1.54) is 85.4 Å². The van der Waals surface area contributed by atoms with Crippen LogP contribution >= 0.6 is 11.3 Å². The molecule has 0 aliphatic carbocycles. The number of hydrogen-bond donors (Lipinski definition) is 0. The maximum Gasteiger partial charge on any atom is 0.126 e. The van der Waals surface area contributed by atoms with Crippen LogP contribution in [-0.4, -0.2) is 7.11 Å². The van der Waals surface area contributed by atoms with E-state index < -0.39 is 0 Å². The van der Waals surface area contributed by atoms with E-state index >= 15 is 0 Å². The Morgan fingerprint density at radius 3 is 2.14 bits per heavy atom. The van der Waals surface area contributed by atoms with Crippen LogP contribution in [0.1, 0.15) is 76.3 Å². The molecule has 0 amide bonds. The molecule has 0 aliphatic heterocycles. The molecule has 0 fully saturated rings. The monoisotopic (exact) mass is 408 g/mol. The second kappa shape index (κ2) is 11.4. The number of thiophene rings is 1. The van der Waals surface area contributed by atoms with E-state index in [0.29, 0.717) is 0 Å². The first kappa shape index (κ1) is 21.9. The minimum absolute atomic E-state index is 0.963. The van der Waals surface area contributed by atoms with Crippen molar-refractivity contribution in [1.82, 2.24) is 0 Å². The zero-order chi connectivity index (χ0) is 20.5. The van der Waals surface area contributed by atoms with Gasteiger partial charge in [0.1, 0.15) is 5.75 Å². The average molecular weight is 409 g/mol. The van der Waals surface area contributed by atoms with Crippen LogP contribution < -0.4 is 4.74 Å². The van der Waals surface area contributed by atoms with Crippen LogP contribution in [0.3, 0.4) is 0 Å². The first-order valence-electron chi connectivity index (χ1n) is 11.5. The summed E-state index contributed by atoms with van der Waals surface area (Å²) in [6.45, 7) is 4.58. The van der Waals surface area contributed by atoms with Gasteiger partial charge in [-0.3, -0.25) is 0 Å². The van der Waals surface area contributed by atoms with Crippen molar-refractivity contribution < 1.29 is 4.74 Å². The van der Waals surface area contributed by atoms with Crippen molar-refractivity contribution >= 4 is 22.1 Å². The molecule has 0 saturated carbocycles. The lowest BCUT2D eigenvalue weighted by Crippen LogP contribution is -1.95. The van der Waals surface area contributed by atoms with Gasteiger partial charge in [0.25, 0.3) is 0 Å². The van der Waals surface area contributed by atoms with Crippen molar-refractivity contribution in [3.63, 3.8) is 0 Å². The SMILES string of the molecule is CCCCCCc1csc(-c2ccc(OC)c3ccccc23)c1CCCCCC. The molecule has 0 atom stereocenters. The molecule has 1 aromatic heterocycles. The smallest absolute Gasteiger partial charge is 0.126 e. The Morgan fingerprint density at radius 2 is 1.45 bits per heavy atom. The molecule has 29 heavy (non-hydrogen) atoms. The topological polar surface area (TPSA) is 9.23 Å². The molecule has 0 aliphatic rings. The molecule has 2 heteroatoms. The Balaban J connectivity index is 1.95. The molecule has 2 aromatic carbocycles. The summed E-state index contributed by atoms with van der Waals surface area (Å²) in [5, 5.41) is 4.96. The van der Waals surface area contributed by atoms with Gasteiger partial charge >= 0.3 is 0 Å². The lowest BCUT2D eigenvalue weighted by atomic mass is 9.94. The van der Waals surface area contributed by atoms with Crippen molar-refractivity contribution in [3.8, 4) is 16.2 Å². The van der Waals surface area contributed by atoms with Gasteiger partial charge in [0.05, 0.1) is 7.11 Å². The van der Waals surface area contributed by atoms with Gasteiger partial charge in [0.15, 0.2) is 0 Å². The number of methoxy groups -OCH3 is 1. The summed E-state index contributed by atoms with van der Waals surface area (Å²) in [4.78, 5) is 1.48. The van der Waals surface area contributed by atoms with Gasteiger partial charge < -0.3 is 4.74 Å². The Labute approximate surface area is 181 Å². The third-order valence-electron chi connectivity index (χ3n) is 5.91. The number of rotatable bonds is 12. The minimum atomic E-state index is 0.963. The Bertz CT molecular complexity index is 893. The summed E-state index contributed by atoms with van der Waals surface area (Å²) in [5.74, 6) is 0.963. The molecule has 156 valence electrons. The fraction of sp³-hybridized carbons (Fsp3) is 0.481. The van der Waals surface area contributed by atoms with Crippen molar-refractivity contribution in [2.45, 2.75) is 78.1 Å². The number of unbranched alkanes of at least 4 members (excludes halogenated alkanes) is 6. The molecule has 3 rings (SSSR count). The predicted octanol–water partition coefficient (Wildman–Crippen LogP) is 8.82. The first-order valence-corrected chi connectivity index (χ1v) is 12.3.